The fourth-order valence-electron chi connectivity index (χ4n) is 2.81. The van der Waals surface area contributed by atoms with Gasteiger partial charge in [-0.2, -0.15) is 0 Å². The van der Waals surface area contributed by atoms with Gasteiger partial charge in [-0.05, 0) is 19.4 Å². The summed E-state index contributed by atoms with van der Waals surface area (Å²) in [5, 5.41) is 2.61. The fraction of sp³-hybridized carbons (Fsp3) is 0.857. The molecule has 0 aromatic rings. The third kappa shape index (κ3) is 5.43. The quantitative estimate of drug-likeness (QED) is 0.479. The molecule has 0 radical (unpaired) electrons. The van der Waals surface area contributed by atoms with E-state index in [4.69, 9.17) is 4.74 Å². The van der Waals surface area contributed by atoms with Crippen LogP contribution in [0.1, 0.15) is 12.8 Å². The predicted octanol–water partition coefficient (Wildman–Crippen LogP) is -1.53. The van der Waals surface area contributed by atoms with E-state index in [1.807, 2.05) is 0 Å². The highest BCUT2D eigenvalue weighted by Crippen LogP contribution is 2.16. The second-order valence-electron chi connectivity index (χ2n) is 6.04. The maximum atomic E-state index is 12.0. The molecule has 2 rings (SSSR count). The van der Waals surface area contributed by atoms with Crippen molar-refractivity contribution in [3.63, 3.8) is 0 Å². The van der Waals surface area contributed by atoms with Gasteiger partial charge in [0.2, 0.25) is 0 Å². The molecule has 0 aromatic heterocycles. The Bertz CT molecular complexity index is 531. The van der Waals surface area contributed by atoms with Crippen molar-refractivity contribution < 1.29 is 22.7 Å². The average Bonchev–Trinajstić information content (AvgIpc) is 2.91. The molecule has 0 bridgehead atoms. The molecule has 23 heavy (non-hydrogen) atoms. The van der Waals surface area contributed by atoms with Gasteiger partial charge in [0.25, 0.3) is 0 Å². The molecule has 0 spiro atoms. The summed E-state index contributed by atoms with van der Waals surface area (Å²) in [5.41, 5.74) is 0. The lowest BCUT2D eigenvalue weighted by molar-refractivity contribution is -0.146. The molecule has 2 amide bonds. The van der Waals surface area contributed by atoms with Gasteiger partial charge < -0.3 is 15.0 Å². The van der Waals surface area contributed by atoms with Gasteiger partial charge in [0.05, 0.1) is 24.7 Å². The number of rotatable bonds is 5. The van der Waals surface area contributed by atoms with E-state index in [1.54, 1.807) is 0 Å². The molecule has 2 saturated heterocycles. The zero-order valence-corrected chi connectivity index (χ0v) is 14.3. The summed E-state index contributed by atoms with van der Waals surface area (Å²) < 4.78 is 28.2. The van der Waals surface area contributed by atoms with Crippen molar-refractivity contribution >= 4 is 21.7 Å². The molecule has 1 unspecified atom stereocenters. The Morgan fingerprint density at radius 2 is 2.00 bits per heavy atom. The van der Waals surface area contributed by atoms with Crippen molar-refractivity contribution in [1.29, 1.82) is 0 Å². The van der Waals surface area contributed by atoms with Crippen molar-refractivity contribution in [1.82, 2.24) is 15.1 Å². The van der Waals surface area contributed by atoms with Crippen molar-refractivity contribution in [3.8, 4) is 0 Å². The Labute approximate surface area is 137 Å². The number of hydrogen-bond donors (Lipinski definition) is 1. The van der Waals surface area contributed by atoms with Crippen molar-refractivity contribution in [2.45, 2.75) is 18.9 Å². The minimum atomic E-state index is -3.07. The lowest BCUT2D eigenvalue weighted by Gasteiger charge is -2.26. The Kier molecular flexibility index (Phi) is 6.37. The first-order valence-corrected chi connectivity index (χ1v) is 9.77. The molecular weight excluding hydrogens is 322 g/mol. The molecule has 2 aliphatic heterocycles. The third-order valence-corrected chi connectivity index (χ3v) is 6.06. The summed E-state index contributed by atoms with van der Waals surface area (Å²) in [6.45, 7) is 4.55. The van der Waals surface area contributed by atoms with E-state index in [2.05, 4.69) is 10.2 Å². The number of likely N-dealkylation sites (N-methyl/N-ethyl adjacent to an activating group) is 1. The minimum absolute atomic E-state index is 0.0560. The molecule has 1 N–H and O–H groups in total. The van der Waals surface area contributed by atoms with E-state index in [0.29, 0.717) is 13.0 Å². The van der Waals surface area contributed by atoms with Crippen LogP contribution in [0.25, 0.3) is 0 Å². The van der Waals surface area contributed by atoms with Gasteiger partial charge in [-0.1, -0.05) is 0 Å². The van der Waals surface area contributed by atoms with E-state index in [-0.39, 0.29) is 11.5 Å². The summed E-state index contributed by atoms with van der Waals surface area (Å²) >= 11 is 0. The number of hydrogen-bond acceptors (Lipinski definition) is 6. The molecule has 9 heteroatoms. The van der Waals surface area contributed by atoms with Crippen LogP contribution in [0, 0.1) is 0 Å². The summed E-state index contributed by atoms with van der Waals surface area (Å²) in [6, 6.07) is -0.397. The Hall–Kier alpha value is -1.19. The van der Waals surface area contributed by atoms with E-state index in [0.717, 1.165) is 39.3 Å². The van der Waals surface area contributed by atoms with Gasteiger partial charge in [0.1, 0.15) is 0 Å². The molecule has 0 aromatic carbocycles. The summed E-state index contributed by atoms with van der Waals surface area (Å²) in [4.78, 5) is 27.4. The number of carbonyl (C=O) groups excluding carboxylic acids is 2. The number of morpholine rings is 1. The largest absolute Gasteiger partial charge is 0.379 e. The zero-order valence-electron chi connectivity index (χ0n) is 13.5. The number of amides is 2. The van der Waals surface area contributed by atoms with Crippen molar-refractivity contribution in [2.75, 3.05) is 57.9 Å². The van der Waals surface area contributed by atoms with E-state index >= 15 is 0 Å². The highest BCUT2D eigenvalue weighted by atomic mass is 32.2. The van der Waals surface area contributed by atoms with Crippen LogP contribution in [0.4, 0.5) is 0 Å². The maximum Gasteiger partial charge on any atom is 0.311 e. The molecule has 132 valence electrons. The smallest absolute Gasteiger partial charge is 0.311 e. The topological polar surface area (TPSA) is 96.0 Å². The molecule has 2 aliphatic rings. The molecule has 8 nitrogen and oxygen atoms in total. The lowest BCUT2D eigenvalue weighted by atomic mass is 10.2. The normalized spacial score (nSPS) is 24.3. The number of ether oxygens (including phenoxy) is 1. The molecule has 0 saturated carbocycles. The molecule has 2 fully saturated rings. The average molecular weight is 347 g/mol. The summed E-state index contributed by atoms with van der Waals surface area (Å²) in [5.74, 6) is -1.31. The minimum Gasteiger partial charge on any atom is -0.379 e. The van der Waals surface area contributed by atoms with Crippen LogP contribution in [-0.4, -0.2) is 94.0 Å². The van der Waals surface area contributed by atoms with Crippen LogP contribution < -0.4 is 5.32 Å². The third-order valence-electron chi connectivity index (χ3n) is 4.31. The Morgan fingerprint density at radius 3 is 2.61 bits per heavy atom. The van der Waals surface area contributed by atoms with Crippen molar-refractivity contribution in [3.05, 3.63) is 0 Å². The highest BCUT2D eigenvalue weighted by Gasteiger charge is 2.34. The van der Waals surface area contributed by atoms with Crippen LogP contribution in [0.3, 0.4) is 0 Å². The van der Waals surface area contributed by atoms with Crippen LogP contribution in [0.5, 0.6) is 0 Å². The number of nitrogens with zero attached hydrogens (tertiary/aromatic N) is 2. The maximum absolute atomic E-state index is 12.0. The lowest BCUT2D eigenvalue weighted by Crippen LogP contribution is -2.46. The molecule has 0 aliphatic carbocycles. The van der Waals surface area contributed by atoms with Gasteiger partial charge in [0.15, 0.2) is 9.84 Å². The number of carbonyl (C=O) groups is 2. The van der Waals surface area contributed by atoms with E-state index in [1.165, 1.54) is 11.9 Å². The SMILES string of the molecule is CN(C(=O)C(=O)NCCCN1CCOCC1)C1CCS(=O)(=O)C1. The van der Waals surface area contributed by atoms with Gasteiger partial charge >= 0.3 is 11.8 Å². The van der Waals surface area contributed by atoms with Crippen LogP contribution in [-0.2, 0) is 24.2 Å². The van der Waals surface area contributed by atoms with E-state index < -0.39 is 27.7 Å². The van der Waals surface area contributed by atoms with Gasteiger partial charge in [0, 0.05) is 32.7 Å². The first-order valence-electron chi connectivity index (χ1n) is 7.94. The van der Waals surface area contributed by atoms with Crippen molar-refractivity contribution in [2.24, 2.45) is 0 Å². The molecule has 1 atom stereocenters. The van der Waals surface area contributed by atoms with Crippen LogP contribution in [0.2, 0.25) is 0 Å². The summed E-state index contributed by atoms with van der Waals surface area (Å²) in [7, 11) is -1.59. The van der Waals surface area contributed by atoms with Gasteiger partial charge in [-0.3, -0.25) is 14.5 Å². The second-order valence-corrected chi connectivity index (χ2v) is 8.27. The second kappa shape index (κ2) is 8.07. The number of nitrogens with one attached hydrogen (secondary N) is 1. The zero-order chi connectivity index (χ0) is 16.9. The number of sulfone groups is 1. The molecular formula is C14H25N3O5S. The Morgan fingerprint density at radius 1 is 1.30 bits per heavy atom. The van der Waals surface area contributed by atoms with Gasteiger partial charge in [-0.25, -0.2) is 8.42 Å². The van der Waals surface area contributed by atoms with Crippen LogP contribution >= 0.6 is 0 Å². The van der Waals surface area contributed by atoms with Crippen LogP contribution in [0.15, 0.2) is 0 Å². The first-order chi connectivity index (χ1) is 10.9. The predicted molar refractivity (Wildman–Crippen MR) is 84.7 cm³/mol. The monoisotopic (exact) mass is 347 g/mol. The molecule has 2 heterocycles. The highest BCUT2D eigenvalue weighted by molar-refractivity contribution is 7.91. The Balaban J connectivity index is 1.67. The van der Waals surface area contributed by atoms with E-state index in [9.17, 15) is 18.0 Å². The van der Waals surface area contributed by atoms with Gasteiger partial charge in [-0.15, -0.1) is 0 Å². The fourth-order valence-corrected chi connectivity index (χ4v) is 4.59. The first kappa shape index (κ1) is 18.2. The summed E-state index contributed by atoms with van der Waals surface area (Å²) in [6.07, 6.45) is 1.16. The standard InChI is InChI=1S/C14H25N3O5S/c1-16(12-3-10-23(20,21)11-12)14(19)13(18)15-4-2-5-17-6-8-22-9-7-17/h12H,2-11H2,1H3,(H,15,18).